The third-order valence-corrected chi connectivity index (χ3v) is 13.3. The van der Waals surface area contributed by atoms with Crippen molar-refractivity contribution in [2.45, 2.75) is 152 Å². The van der Waals surface area contributed by atoms with E-state index in [0.717, 1.165) is 10.5 Å². The van der Waals surface area contributed by atoms with E-state index in [9.17, 15) is 30.0 Å². The van der Waals surface area contributed by atoms with Gasteiger partial charge in [0, 0.05) is 36.9 Å². The average molecular weight is 866 g/mol. The molecule has 0 spiro atoms. The number of ether oxygens (including phenoxy) is 7. The fourth-order valence-electron chi connectivity index (χ4n) is 8.53. The lowest BCUT2D eigenvalue weighted by atomic mass is 9.79. The molecule has 17 atom stereocenters. The first kappa shape index (κ1) is 50.4. The molecule has 3 aliphatic heterocycles. The number of hydrogen-bond donors (Lipinski definition) is 4. The molecule has 4 N–H and O–H groups in total. The highest BCUT2D eigenvalue weighted by atomic mass is 32.2. The van der Waals surface area contributed by atoms with Gasteiger partial charge in [0.05, 0.1) is 49.6 Å². The Balaban J connectivity index is 1.67. The molecule has 4 rings (SSSR count). The highest BCUT2D eigenvalue weighted by Crippen LogP contribution is 2.36. The molecule has 340 valence electrons. The van der Waals surface area contributed by atoms with E-state index in [1.54, 1.807) is 63.7 Å². The minimum atomic E-state index is -1.24. The molecule has 2 fully saturated rings. The van der Waals surface area contributed by atoms with Crippen LogP contribution in [-0.4, -0.2) is 157 Å². The number of esters is 1. The Morgan fingerprint density at radius 3 is 2.13 bits per heavy atom. The number of thioether (sulfide) groups is 1. The molecule has 0 aliphatic carbocycles. The number of carbonyl (C=O) groups is 2. The van der Waals surface area contributed by atoms with Gasteiger partial charge in [-0.1, -0.05) is 56.7 Å². The van der Waals surface area contributed by atoms with Gasteiger partial charge in [0.1, 0.15) is 30.5 Å². The number of benzene rings is 1. The second kappa shape index (κ2) is 24.0. The molecule has 14 nitrogen and oxygen atoms in total. The van der Waals surface area contributed by atoms with E-state index in [2.05, 4.69) is 0 Å². The summed E-state index contributed by atoms with van der Waals surface area (Å²) in [6, 6.07) is 9.28. The van der Waals surface area contributed by atoms with Gasteiger partial charge in [-0.05, 0) is 84.0 Å². The molecule has 0 aromatic heterocycles. The van der Waals surface area contributed by atoms with Crippen LogP contribution in [0.4, 0.5) is 0 Å². The monoisotopic (exact) mass is 865 g/mol. The molecule has 2 saturated heterocycles. The van der Waals surface area contributed by atoms with E-state index >= 15 is 0 Å². The van der Waals surface area contributed by atoms with E-state index in [0.29, 0.717) is 25.0 Å². The number of methoxy groups -OCH3 is 2. The first-order chi connectivity index (χ1) is 28.5. The molecular formula is C45H71NO13S. The van der Waals surface area contributed by atoms with Crippen molar-refractivity contribution in [1.29, 1.82) is 0 Å². The number of allylic oxidation sites excluding steroid dienone is 3. The molecular weight excluding hydrogens is 795 g/mol. The van der Waals surface area contributed by atoms with Crippen LogP contribution in [0.5, 0.6) is 0 Å². The van der Waals surface area contributed by atoms with Gasteiger partial charge in [-0.15, -0.1) is 11.8 Å². The number of likely N-dealkylation sites (N-methyl/N-ethyl adjacent to an activating group) is 1. The summed E-state index contributed by atoms with van der Waals surface area (Å²) in [7, 11) is 6.50. The minimum absolute atomic E-state index is 0.0351. The summed E-state index contributed by atoms with van der Waals surface area (Å²) in [6.07, 6.45) is -4.42. The average Bonchev–Trinajstić information content (AvgIpc) is 3.21. The first-order valence-electron chi connectivity index (χ1n) is 21.3. The van der Waals surface area contributed by atoms with Crippen molar-refractivity contribution in [1.82, 2.24) is 4.90 Å². The Morgan fingerprint density at radius 1 is 0.850 bits per heavy atom. The van der Waals surface area contributed by atoms with Crippen molar-refractivity contribution in [2.75, 3.05) is 40.7 Å². The Morgan fingerprint density at radius 2 is 1.50 bits per heavy atom. The molecule has 3 heterocycles. The van der Waals surface area contributed by atoms with E-state index in [4.69, 9.17) is 33.2 Å². The molecule has 0 bridgehead atoms. The molecule has 0 unspecified atom stereocenters. The van der Waals surface area contributed by atoms with Crippen LogP contribution in [0.3, 0.4) is 0 Å². The van der Waals surface area contributed by atoms with Crippen molar-refractivity contribution < 1.29 is 63.2 Å². The van der Waals surface area contributed by atoms with Crippen LogP contribution in [0.25, 0.3) is 0 Å². The van der Waals surface area contributed by atoms with Crippen LogP contribution in [-0.2, 0) is 42.7 Å². The van der Waals surface area contributed by atoms with Gasteiger partial charge in [-0.25, -0.2) is 0 Å². The summed E-state index contributed by atoms with van der Waals surface area (Å²) in [5, 5.41) is 45.1. The minimum Gasteiger partial charge on any atom is -0.462 e. The van der Waals surface area contributed by atoms with Crippen LogP contribution in [0.1, 0.15) is 67.2 Å². The molecule has 0 radical (unpaired) electrons. The third kappa shape index (κ3) is 13.4. The van der Waals surface area contributed by atoms with Crippen molar-refractivity contribution >= 4 is 23.5 Å². The van der Waals surface area contributed by atoms with Crippen LogP contribution in [0.15, 0.2) is 59.0 Å². The predicted octanol–water partition coefficient (Wildman–Crippen LogP) is 4.16. The lowest BCUT2D eigenvalue weighted by molar-refractivity contribution is -0.304. The Kier molecular flexibility index (Phi) is 20.1. The predicted molar refractivity (Wildman–Crippen MR) is 227 cm³/mol. The van der Waals surface area contributed by atoms with Crippen molar-refractivity contribution in [3.05, 3.63) is 54.1 Å². The third-order valence-electron chi connectivity index (χ3n) is 12.2. The Bertz CT molecular complexity index is 1530. The SMILES string of the molecule is CC[C@H]1OC(=O)C[C@@H](O)[C@H](C)[C@@H](O[C@@H]2O[C@H](C)[C@@H](O)[C@H](N(C)C)[C@H]2O)[C@@H](CCSc2ccccc2)C[C@@H](C)C(=O)/C=C/C(C)=C/[C@@H]1CO[C@@H]1O[C@H](C)[C@@H](O)[C@@H](OC)[C@H]1OC. The number of rotatable bonds is 13. The van der Waals surface area contributed by atoms with Gasteiger partial charge in [-0.2, -0.15) is 0 Å². The van der Waals surface area contributed by atoms with Crippen LogP contribution in [0, 0.1) is 23.7 Å². The fraction of sp³-hybridized carbons (Fsp3) is 0.733. The van der Waals surface area contributed by atoms with E-state index in [-0.39, 0.29) is 24.7 Å². The van der Waals surface area contributed by atoms with Gasteiger partial charge in [0.15, 0.2) is 18.4 Å². The molecule has 60 heavy (non-hydrogen) atoms. The Labute approximate surface area is 360 Å². The van der Waals surface area contributed by atoms with Crippen molar-refractivity contribution in [3.8, 4) is 0 Å². The molecule has 1 aromatic rings. The van der Waals surface area contributed by atoms with Gasteiger partial charge < -0.3 is 58.5 Å². The maximum atomic E-state index is 13.9. The highest BCUT2D eigenvalue weighted by Gasteiger charge is 2.48. The quantitative estimate of drug-likeness (QED) is 0.164. The first-order valence-corrected chi connectivity index (χ1v) is 22.3. The molecule has 15 heteroatoms. The summed E-state index contributed by atoms with van der Waals surface area (Å²) >= 11 is 1.67. The zero-order chi connectivity index (χ0) is 44.3. The summed E-state index contributed by atoms with van der Waals surface area (Å²) in [5.74, 6) is -2.00. The Hall–Kier alpha value is -2.25. The lowest BCUT2D eigenvalue weighted by Gasteiger charge is -2.46. The standard InChI is InChI=1S/C45H71NO13S/c1-11-35-31(24-55-45-43(54-10)42(53-9)39(51)29(6)57-45)21-25(2)17-18-33(47)26(3)22-30(19-20-60-32-15-13-12-14-16-32)41(27(4)34(48)23-36(49)58-35)59-44-40(52)37(46(7)8)38(50)28(5)56-44/h12-18,21,26-31,34-35,37-45,48,50-52H,11,19-20,22-24H2,1-10H3/b18-17+,25-21+/t26-,27+,28-,29-,30+,31-,34-,35-,37+,38-,39-,40-,41-,42-,43-,44+,45-/m1/s1. The van der Waals surface area contributed by atoms with E-state index in [1.807, 2.05) is 57.2 Å². The van der Waals surface area contributed by atoms with Crippen LogP contribution < -0.4 is 0 Å². The smallest absolute Gasteiger partial charge is 0.308 e. The van der Waals surface area contributed by atoms with Gasteiger partial charge in [0.25, 0.3) is 0 Å². The summed E-state index contributed by atoms with van der Waals surface area (Å²) in [6.45, 7) is 10.9. The zero-order valence-corrected chi connectivity index (χ0v) is 37.8. The van der Waals surface area contributed by atoms with Crippen LogP contribution >= 0.6 is 11.8 Å². The van der Waals surface area contributed by atoms with Crippen LogP contribution in [0.2, 0.25) is 0 Å². The maximum Gasteiger partial charge on any atom is 0.308 e. The van der Waals surface area contributed by atoms with E-state index < -0.39 is 103 Å². The topological polar surface area (TPSA) is 183 Å². The molecule has 0 saturated carbocycles. The summed E-state index contributed by atoms with van der Waals surface area (Å²) in [4.78, 5) is 30.5. The van der Waals surface area contributed by atoms with Gasteiger partial charge in [-0.3, -0.25) is 9.59 Å². The lowest BCUT2D eigenvalue weighted by Crippen LogP contribution is -2.63. The number of cyclic esters (lactones) is 1. The fourth-order valence-corrected chi connectivity index (χ4v) is 9.54. The number of carbonyl (C=O) groups excluding carboxylic acids is 2. The zero-order valence-electron chi connectivity index (χ0n) is 37.0. The number of hydrogen-bond acceptors (Lipinski definition) is 15. The second-order valence-electron chi connectivity index (χ2n) is 16.9. The molecule has 3 aliphatic rings. The second-order valence-corrected chi connectivity index (χ2v) is 18.1. The van der Waals surface area contributed by atoms with Crippen molar-refractivity contribution in [3.63, 3.8) is 0 Å². The number of ketones is 1. The number of aliphatic hydroxyl groups is 4. The normalized spacial score (nSPS) is 40.5. The van der Waals surface area contributed by atoms with Gasteiger partial charge >= 0.3 is 5.97 Å². The van der Waals surface area contributed by atoms with Crippen molar-refractivity contribution in [2.24, 2.45) is 23.7 Å². The summed E-state index contributed by atoms with van der Waals surface area (Å²) in [5.41, 5.74) is 0.748. The number of aliphatic hydroxyl groups excluding tert-OH is 4. The van der Waals surface area contributed by atoms with E-state index in [1.165, 1.54) is 14.2 Å². The maximum absolute atomic E-state index is 13.9. The summed E-state index contributed by atoms with van der Waals surface area (Å²) < 4.78 is 42.4. The molecule has 0 amide bonds. The largest absolute Gasteiger partial charge is 0.462 e. The number of nitrogens with zero attached hydrogens (tertiary/aromatic N) is 1. The highest BCUT2D eigenvalue weighted by molar-refractivity contribution is 7.99. The van der Waals surface area contributed by atoms with Gasteiger partial charge in [0.2, 0.25) is 0 Å². The molecule has 1 aromatic carbocycles.